The molecule has 0 amide bonds. The summed E-state index contributed by atoms with van der Waals surface area (Å²) in [4.78, 5) is 10.5. The number of carbonyl (C=O) groups is 1. The highest BCUT2D eigenvalue weighted by Crippen LogP contribution is 2.26. The van der Waals surface area contributed by atoms with E-state index in [4.69, 9.17) is 34.0 Å². The van der Waals surface area contributed by atoms with Crippen LogP contribution >= 0.6 is 23.2 Å². The van der Waals surface area contributed by atoms with E-state index in [9.17, 15) is 4.79 Å². The van der Waals surface area contributed by atoms with E-state index >= 15 is 0 Å². The van der Waals surface area contributed by atoms with Crippen molar-refractivity contribution in [1.29, 1.82) is 0 Å². The van der Waals surface area contributed by atoms with E-state index in [0.717, 1.165) is 0 Å². The van der Waals surface area contributed by atoms with Crippen molar-refractivity contribution in [3.05, 3.63) is 27.7 Å². The molecule has 5 heteroatoms. The molecule has 0 aliphatic rings. The molecule has 0 spiro atoms. The summed E-state index contributed by atoms with van der Waals surface area (Å²) in [5, 5.41) is 9.00. The summed E-state index contributed by atoms with van der Waals surface area (Å²) in [6, 6.07) is 2.68. The Kier molecular flexibility index (Phi) is 2.45. The van der Waals surface area contributed by atoms with Gasteiger partial charge in [-0.25, -0.2) is 4.79 Å². The van der Waals surface area contributed by atoms with Crippen molar-refractivity contribution in [2.75, 3.05) is 5.73 Å². The number of carboxylic acid groups (broad SMARTS) is 1. The molecule has 0 saturated carbocycles. The molecule has 0 aliphatic carbocycles. The molecular weight excluding hydrogens is 203 g/mol. The maximum Gasteiger partial charge on any atom is 0.339 e. The van der Waals surface area contributed by atoms with Gasteiger partial charge in [-0.3, -0.25) is 0 Å². The summed E-state index contributed by atoms with van der Waals surface area (Å²) in [7, 11) is 0. The van der Waals surface area contributed by atoms with Gasteiger partial charge < -0.3 is 10.8 Å². The summed E-state index contributed by atoms with van der Waals surface area (Å²) in [6.45, 7) is 0. The van der Waals surface area contributed by atoms with Crippen LogP contribution in [-0.2, 0) is 0 Å². The lowest BCUT2D eigenvalue weighted by Crippen LogP contribution is -2.03. The Morgan fingerprint density at radius 2 is 2.00 bits per heavy atom. The Hall–Kier alpha value is -0.930. The monoisotopic (exact) mass is 207 g/mol. The Balaban J connectivity index is 3.38. The molecule has 0 saturated heterocycles. The van der Waals surface area contributed by atoms with Gasteiger partial charge in [-0.15, -0.1) is 0 Å². The molecule has 0 radical (unpaired) electrons. The molecule has 0 atom stereocenters. The highest BCUT2D eigenvalue weighted by molar-refractivity contribution is 6.37. The van der Waals surface area contributed by atoms with E-state index in [0.29, 0.717) is 5.02 Å². The van der Waals surface area contributed by atoms with Gasteiger partial charge in [0.1, 0.15) is 5.56 Å². The standard InChI is InChI=1S/C7H5Cl2NO2/c8-3-1-4(9)6(7(11)12)5(10)2-3/h1-2H,10H2,(H,11,12)/i7+2. The minimum atomic E-state index is -1.16. The van der Waals surface area contributed by atoms with E-state index < -0.39 is 5.97 Å². The zero-order chi connectivity index (χ0) is 9.30. The van der Waals surface area contributed by atoms with Crippen LogP contribution in [0.5, 0.6) is 0 Å². The molecule has 3 N–H and O–H groups in total. The van der Waals surface area contributed by atoms with Crippen molar-refractivity contribution >= 4 is 34.9 Å². The topological polar surface area (TPSA) is 63.3 Å². The number of nitrogens with two attached hydrogens (primary N) is 1. The van der Waals surface area contributed by atoms with Gasteiger partial charge in [0.15, 0.2) is 0 Å². The lowest BCUT2D eigenvalue weighted by atomic mass is 10.3. The highest BCUT2D eigenvalue weighted by atomic mass is 35.5. The van der Waals surface area contributed by atoms with Gasteiger partial charge in [0.2, 0.25) is 0 Å². The maximum atomic E-state index is 10.5. The van der Waals surface area contributed by atoms with Crippen LogP contribution in [-0.4, -0.2) is 11.1 Å². The number of anilines is 1. The Morgan fingerprint density at radius 1 is 1.42 bits per heavy atom. The molecule has 0 aliphatic heterocycles. The number of rotatable bonds is 1. The number of carboxylic acids is 1. The molecule has 3 nitrogen and oxygen atoms in total. The fourth-order valence-electron chi connectivity index (χ4n) is 0.819. The van der Waals surface area contributed by atoms with Crippen molar-refractivity contribution in [3.63, 3.8) is 0 Å². The van der Waals surface area contributed by atoms with Crippen molar-refractivity contribution in [1.82, 2.24) is 0 Å². The quantitative estimate of drug-likeness (QED) is 0.695. The lowest BCUT2D eigenvalue weighted by molar-refractivity contribution is 0.0698. The zero-order valence-electron chi connectivity index (χ0n) is 5.84. The lowest BCUT2D eigenvalue weighted by Gasteiger charge is -2.02. The minimum Gasteiger partial charge on any atom is -0.478 e. The molecule has 0 unspecified atom stereocenters. The first-order valence-corrected chi connectivity index (χ1v) is 3.76. The smallest absolute Gasteiger partial charge is 0.339 e. The summed E-state index contributed by atoms with van der Waals surface area (Å²) in [6.07, 6.45) is 0. The highest BCUT2D eigenvalue weighted by Gasteiger charge is 2.13. The average molecular weight is 208 g/mol. The number of hydrogen-bond acceptors (Lipinski definition) is 2. The molecule has 1 rings (SSSR count). The fraction of sp³-hybridized carbons (Fsp3) is 0. The Labute approximate surface area is 78.7 Å². The molecular formula is C7H5Cl2NO2. The number of benzene rings is 1. The van der Waals surface area contributed by atoms with Gasteiger partial charge in [0, 0.05) is 10.7 Å². The van der Waals surface area contributed by atoms with Crippen LogP contribution in [0.4, 0.5) is 5.69 Å². The molecule has 0 bridgehead atoms. The largest absolute Gasteiger partial charge is 0.478 e. The summed E-state index contributed by atoms with van der Waals surface area (Å²) in [5.74, 6) is -1.16. The van der Waals surface area contributed by atoms with Gasteiger partial charge in [0.05, 0.1) is 5.02 Å². The normalized spacial score (nSPS) is 9.83. The van der Waals surface area contributed by atoms with Crippen molar-refractivity contribution in [3.8, 4) is 0 Å². The third kappa shape index (κ3) is 1.62. The molecule has 64 valence electrons. The third-order valence-electron chi connectivity index (χ3n) is 1.30. The summed E-state index contributed by atoms with van der Waals surface area (Å²) < 4.78 is 0. The van der Waals surface area contributed by atoms with Crippen molar-refractivity contribution in [2.24, 2.45) is 0 Å². The van der Waals surface area contributed by atoms with Gasteiger partial charge in [0.25, 0.3) is 0 Å². The molecule has 0 heterocycles. The maximum absolute atomic E-state index is 10.5. The van der Waals surface area contributed by atoms with E-state index in [1.165, 1.54) is 12.1 Å². The Bertz CT molecular complexity index is 315. The second-order valence-electron chi connectivity index (χ2n) is 2.16. The number of nitrogen functional groups attached to an aromatic ring is 1. The summed E-state index contributed by atoms with van der Waals surface area (Å²) in [5.41, 5.74) is 5.33. The van der Waals surface area contributed by atoms with Gasteiger partial charge in [-0.2, -0.15) is 0 Å². The van der Waals surface area contributed by atoms with Crippen LogP contribution < -0.4 is 5.73 Å². The fourth-order valence-corrected chi connectivity index (χ4v) is 1.41. The molecule has 12 heavy (non-hydrogen) atoms. The predicted octanol–water partition coefficient (Wildman–Crippen LogP) is 2.27. The van der Waals surface area contributed by atoms with Crippen LogP contribution in [0.2, 0.25) is 10.0 Å². The third-order valence-corrected chi connectivity index (χ3v) is 1.82. The predicted molar refractivity (Wildman–Crippen MR) is 47.8 cm³/mol. The van der Waals surface area contributed by atoms with Crippen LogP contribution in [0.1, 0.15) is 10.4 Å². The SMILES string of the molecule is Nc1cc(Cl)cc(Cl)c1[14C](=O)O. The van der Waals surface area contributed by atoms with Gasteiger partial charge in [-0.1, -0.05) is 23.2 Å². The summed E-state index contributed by atoms with van der Waals surface area (Å²) >= 11 is 11.2. The van der Waals surface area contributed by atoms with E-state index in [-0.39, 0.29) is 16.3 Å². The molecule has 1 aromatic rings. The zero-order valence-corrected chi connectivity index (χ0v) is 7.36. The van der Waals surface area contributed by atoms with Gasteiger partial charge >= 0.3 is 5.97 Å². The first kappa shape index (κ1) is 9.16. The molecule has 0 aromatic heterocycles. The first-order valence-electron chi connectivity index (χ1n) is 3.00. The molecule has 0 fully saturated rings. The Morgan fingerprint density at radius 3 is 2.42 bits per heavy atom. The average Bonchev–Trinajstić information content (AvgIpc) is 1.82. The molecule has 1 aromatic carbocycles. The van der Waals surface area contributed by atoms with Crippen LogP contribution in [0.15, 0.2) is 12.1 Å². The van der Waals surface area contributed by atoms with E-state index in [2.05, 4.69) is 0 Å². The number of aromatic carboxylic acids is 1. The van der Waals surface area contributed by atoms with Gasteiger partial charge in [-0.05, 0) is 12.1 Å². The van der Waals surface area contributed by atoms with Crippen LogP contribution in [0.25, 0.3) is 0 Å². The number of hydrogen-bond donors (Lipinski definition) is 2. The second-order valence-corrected chi connectivity index (χ2v) is 3.00. The van der Waals surface area contributed by atoms with E-state index in [1.54, 1.807) is 0 Å². The van der Waals surface area contributed by atoms with Crippen LogP contribution in [0, 0.1) is 0 Å². The minimum absolute atomic E-state index is 0.0486. The van der Waals surface area contributed by atoms with Crippen LogP contribution in [0.3, 0.4) is 0 Å². The number of halogens is 2. The van der Waals surface area contributed by atoms with Crippen molar-refractivity contribution in [2.45, 2.75) is 0 Å². The first-order chi connectivity index (χ1) is 5.52. The van der Waals surface area contributed by atoms with E-state index in [1.807, 2.05) is 0 Å². The second kappa shape index (κ2) is 3.21. The van der Waals surface area contributed by atoms with Crippen molar-refractivity contribution < 1.29 is 9.90 Å².